The van der Waals surface area contributed by atoms with E-state index in [0.717, 1.165) is 5.69 Å². The zero-order chi connectivity index (χ0) is 21.8. The van der Waals surface area contributed by atoms with Crippen LogP contribution in [0.5, 0.6) is 0 Å². The lowest BCUT2D eigenvalue weighted by Crippen LogP contribution is -2.39. The number of hydrogen-bond acceptors (Lipinski definition) is 3. The summed E-state index contributed by atoms with van der Waals surface area (Å²) in [7, 11) is 0. The summed E-state index contributed by atoms with van der Waals surface area (Å²) >= 11 is 12.0. The van der Waals surface area contributed by atoms with Crippen LogP contribution in [-0.2, 0) is 0 Å². The van der Waals surface area contributed by atoms with Crippen LogP contribution in [0.15, 0.2) is 60.8 Å². The smallest absolute Gasteiger partial charge is 0.321 e. The van der Waals surface area contributed by atoms with Crippen LogP contribution in [0, 0.1) is 0 Å². The minimum atomic E-state index is -0.207. The molecule has 31 heavy (non-hydrogen) atoms. The second kappa shape index (κ2) is 9.41. The fourth-order valence-electron chi connectivity index (χ4n) is 3.45. The average Bonchev–Trinajstić information content (AvgIpc) is 3.11. The first-order chi connectivity index (χ1) is 15.0. The van der Waals surface area contributed by atoms with E-state index in [1.54, 1.807) is 63.1 Å². The molecule has 1 saturated heterocycles. The van der Waals surface area contributed by atoms with E-state index in [1.807, 2.05) is 12.1 Å². The Hall–Kier alpha value is -3.03. The number of benzene rings is 2. The number of aromatic nitrogens is 2. The number of carbonyl (C=O) groups excluding carboxylic acids is 2. The van der Waals surface area contributed by atoms with Crippen molar-refractivity contribution in [3.05, 3.63) is 76.5 Å². The quantitative estimate of drug-likeness (QED) is 0.626. The SMILES string of the molecule is O=C(Nc1cccc(Cl)c1)N1CCCN(C(=O)c2ccn(-c3cccc(Cl)c3)n2)CC1. The maximum absolute atomic E-state index is 13.0. The zero-order valence-electron chi connectivity index (χ0n) is 16.7. The van der Waals surface area contributed by atoms with Gasteiger partial charge in [0.05, 0.1) is 5.69 Å². The second-order valence-corrected chi connectivity index (χ2v) is 8.07. The van der Waals surface area contributed by atoms with Gasteiger partial charge < -0.3 is 15.1 Å². The van der Waals surface area contributed by atoms with Gasteiger partial charge in [0.25, 0.3) is 5.91 Å². The van der Waals surface area contributed by atoms with Gasteiger partial charge in [-0.25, -0.2) is 9.48 Å². The van der Waals surface area contributed by atoms with Crippen molar-refractivity contribution in [2.75, 3.05) is 31.5 Å². The summed E-state index contributed by atoms with van der Waals surface area (Å²) < 4.78 is 1.63. The number of nitrogens with one attached hydrogen (secondary N) is 1. The van der Waals surface area contributed by atoms with E-state index >= 15 is 0 Å². The van der Waals surface area contributed by atoms with Crippen LogP contribution < -0.4 is 5.32 Å². The summed E-state index contributed by atoms with van der Waals surface area (Å²) in [5.74, 6) is -0.155. The van der Waals surface area contributed by atoms with E-state index in [-0.39, 0.29) is 11.9 Å². The lowest BCUT2D eigenvalue weighted by atomic mass is 10.3. The highest BCUT2D eigenvalue weighted by atomic mass is 35.5. The van der Waals surface area contributed by atoms with Crippen molar-refractivity contribution >= 4 is 40.8 Å². The average molecular weight is 458 g/mol. The number of carbonyl (C=O) groups is 2. The molecule has 0 spiro atoms. The molecule has 0 unspecified atom stereocenters. The maximum Gasteiger partial charge on any atom is 0.321 e. The predicted octanol–water partition coefficient (Wildman–Crippen LogP) is 4.56. The molecular formula is C22H21Cl2N5O2. The summed E-state index contributed by atoms with van der Waals surface area (Å²) in [5.41, 5.74) is 1.78. The number of rotatable bonds is 3. The van der Waals surface area contributed by atoms with Crippen molar-refractivity contribution < 1.29 is 9.59 Å². The highest BCUT2D eigenvalue weighted by molar-refractivity contribution is 6.31. The minimum Gasteiger partial charge on any atom is -0.335 e. The molecule has 1 aliphatic rings. The lowest BCUT2D eigenvalue weighted by Gasteiger charge is -2.22. The number of halogens is 2. The van der Waals surface area contributed by atoms with Crippen molar-refractivity contribution in [3.63, 3.8) is 0 Å². The normalized spacial score (nSPS) is 14.3. The third kappa shape index (κ3) is 5.18. The molecule has 1 N–H and O–H groups in total. The van der Waals surface area contributed by atoms with Crippen LogP contribution in [-0.4, -0.2) is 57.7 Å². The Kier molecular flexibility index (Phi) is 6.44. The van der Waals surface area contributed by atoms with Crippen molar-refractivity contribution in [1.82, 2.24) is 19.6 Å². The molecule has 3 aromatic rings. The van der Waals surface area contributed by atoms with E-state index in [0.29, 0.717) is 54.0 Å². The van der Waals surface area contributed by atoms with Gasteiger partial charge in [-0.05, 0) is 48.9 Å². The number of hydrogen-bond donors (Lipinski definition) is 1. The van der Waals surface area contributed by atoms with Gasteiger partial charge in [-0.1, -0.05) is 35.3 Å². The fourth-order valence-corrected chi connectivity index (χ4v) is 3.83. The Labute approximate surface area is 190 Å². The Morgan fingerprint density at radius 2 is 1.58 bits per heavy atom. The molecule has 0 bridgehead atoms. The van der Waals surface area contributed by atoms with E-state index in [1.165, 1.54) is 0 Å². The van der Waals surface area contributed by atoms with Gasteiger partial charge in [-0.15, -0.1) is 0 Å². The molecule has 160 valence electrons. The van der Waals surface area contributed by atoms with Crippen LogP contribution in [0.2, 0.25) is 10.0 Å². The first-order valence-corrected chi connectivity index (χ1v) is 10.7. The molecule has 0 atom stereocenters. The predicted molar refractivity (Wildman–Crippen MR) is 121 cm³/mol. The highest BCUT2D eigenvalue weighted by Crippen LogP contribution is 2.17. The molecule has 0 radical (unpaired) electrons. The standard InChI is InChI=1S/C22H21Cl2N5O2/c23-16-4-1-6-18(14-16)25-22(31)28-10-3-9-27(12-13-28)21(30)20-8-11-29(26-20)19-7-2-5-17(24)15-19/h1-2,4-8,11,14-15H,3,9-10,12-13H2,(H,25,31). The van der Waals surface area contributed by atoms with Crippen LogP contribution in [0.4, 0.5) is 10.5 Å². The van der Waals surface area contributed by atoms with Gasteiger partial charge in [0, 0.05) is 48.1 Å². The Morgan fingerprint density at radius 3 is 2.35 bits per heavy atom. The molecule has 2 heterocycles. The molecule has 1 aromatic heterocycles. The summed E-state index contributed by atoms with van der Waals surface area (Å²) in [6.07, 6.45) is 2.42. The molecular weight excluding hydrogens is 437 g/mol. The van der Waals surface area contributed by atoms with E-state index in [9.17, 15) is 9.59 Å². The molecule has 7 nitrogen and oxygen atoms in total. The lowest BCUT2D eigenvalue weighted by molar-refractivity contribution is 0.0756. The van der Waals surface area contributed by atoms with Gasteiger partial charge in [-0.3, -0.25) is 4.79 Å². The van der Waals surface area contributed by atoms with E-state index < -0.39 is 0 Å². The highest BCUT2D eigenvalue weighted by Gasteiger charge is 2.24. The number of anilines is 1. The molecule has 4 rings (SSSR count). The molecule has 3 amide bonds. The van der Waals surface area contributed by atoms with Crippen molar-refractivity contribution in [1.29, 1.82) is 0 Å². The molecule has 0 aliphatic carbocycles. The van der Waals surface area contributed by atoms with Crippen LogP contribution in [0.1, 0.15) is 16.9 Å². The Morgan fingerprint density at radius 1 is 0.871 bits per heavy atom. The molecule has 1 fully saturated rings. The van der Waals surface area contributed by atoms with E-state index in [2.05, 4.69) is 10.4 Å². The second-order valence-electron chi connectivity index (χ2n) is 7.20. The summed E-state index contributed by atoms with van der Waals surface area (Å²) in [6, 6.07) is 15.8. The number of amides is 3. The van der Waals surface area contributed by atoms with Gasteiger partial charge in [0.15, 0.2) is 5.69 Å². The number of nitrogens with zero attached hydrogens (tertiary/aromatic N) is 4. The van der Waals surface area contributed by atoms with Crippen LogP contribution in [0.3, 0.4) is 0 Å². The minimum absolute atomic E-state index is 0.155. The molecule has 0 saturated carbocycles. The summed E-state index contributed by atoms with van der Waals surface area (Å²) in [6.45, 7) is 2.00. The van der Waals surface area contributed by atoms with Crippen molar-refractivity contribution in [2.45, 2.75) is 6.42 Å². The first kappa shape index (κ1) is 21.2. The van der Waals surface area contributed by atoms with Gasteiger partial charge >= 0.3 is 6.03 Å². The van der Waals surface area contributed by atoms with Gasteiger partial charge in [0.1, 0.15) is 0 Å². The Balaban J connectivity index is 1.38. The first-order valence-electron chi connectivity index (χ1n) is 9.92. The van der Waals surface area contributed by atoms with Gasteiger partial charge in [-0.2, -0.15) is 5.10 Å². The molecule has 9 heteroatoms. The Bertz CT molecular complexity index is 1100. The third-order valence-electron chi connectivity index (χ3n) is 5.03. The molecule has 2 aromatic carbocycles. The number of urea groups is 1. The molecule has 1 aliphatic heterocycles. The summed E-state index contributed by atoms with van der Waals surface area (Å²) in [5, 5.41) is 8.42. The summed E-state index contributed by atoms with van der Waals surface area (Å²) in [4.78, 5) is 29.0. The van der Waals surface area contributed by atoms with Crippen LogP contribution in [0.25, 0.3) is 5.69 Å². The zero-order valence-corrected chi connectivity index (χ0v) is 18.2. The topological polar surface area (TPSA) is 70.5 Å². The largest absolute Gasteiger partial charge is 0.335 e. The van der Waals surface area contributed by atoms with Crippen molar-refractivity contribution in [2.24, 2.45) is 0 Å². The third-order valence-corrected chi connectivity index (χ3v) is 5.50. The van der Waals surface area contributed by atoms with E-state index in [4.69, 9.17) is 23.2 Å². The van der Waals surface area contributed by atoms with Gasteiger partial charge in [0.2, 0.25) is 0 Å². The maximum atomic E-state index is 13.0. The van der Waals surface area contributed by atoms with Crippen molar-refractivity contribution in [3.8, 4) is 5.69 Å². The van der Waals surface area contributed by atoms with Crippen LogP contribution >= 0.6 is 23.2 Å². The fraction of sp³-hybridized carbons (Fsp3) is 0.227. The monoisotopic (exact) mass is 457 g/mol.